The highest BCUT2D eigenvalue weighted by molar-refractivity contribution is 5.94. The lowest BCUT2D eigenvalue weighted by Gasteiger charge is -2.32. The van der Waals surface area contributed by atoms with E-state index in [-0.39, 0.29) is 18.4 Å². The van der Waals surface area contributed by atoms with Crippen molar-refractivity contribution in [3.05, 3.63) is 64.5 Å². The van der Waals surface area contributed by atoms with Crippen LogP contribution in [0.25, 0.3) is 0 Å². The van der Waals surface area contributed by atoms with Gasteiger partial charge in [-0.2, -0.15) is 5.26 Å². The number of rotatable bonds is 5. The second-order valence-electron chi connectivity index (χ2n) is 9.17. The van der Waals surface area contributed by atoms with Gasteiger partial charge in [0.2, 0.25) is 6.41 Å². The zero-order valence-corrected chi connectivity index (χ0v) is 20.1. The average Bonchev–Trinajstić information content (AvgIpc) is 2.90. The van der Waals surface area contributed by atoms with Crippen molar-refractivity contribution in [3.8, 4) is 17.9 Å². The van der Waals surface area contributed by atoms with E-state index in [2.05, 4.69) is 28.2 Å². The molecule has 8 nitrogen and oxygen atoms in total. The van der Waals surface area contributed by atoms with E-state index in [1.807, 2.05) is 30.0 Å². The van der Waals surface area contributed by atoms with Crippen LogP contribution in [-0.2, 0) is 28.0 Å². The fraction of sp³-hybridized carbons (Fsp3) is 0.444. The Labute approximate surface area is 205 Å². The molecule has 1 amide bonds. The number of aliphatic hydroxyl groups excluding tert-OH is 1. The molecular weight excluding hydrogens is 444 g/mol. The summed E-state index contributed by atoms with van der Waals surface area (Å²) < 4.78 is 10.5. The van der Waals surface area contributed by atoms with Crippen LogP contribution in [0, 0.1) is 29.1 Å². The topological polar surface area (TPSA) is 108 Å². The highest BCUT2D eigenvalue weighted by atomic mass is 16.6. The van der Waals surface area contributed by atoms with E-state index in [9.17, 15) is 15.2 Å². The highest BCUT2D eigenvalue weighted by Gasteiger charge is 2.33. The maximum atomic E-state index is 12.8. The average molecular weight is 475 g/mol. The molecule has 1 saturated heterocycles. The van der Waals surface area contributed by atoms with Crippen LogP contribution in [0.2, 0.25) is 0 Å². The summed E-state index contributed by atoms with van der Waals surface area (Å²) in [6.45, 7) is 4.34. The van der Waals surface area contributed by atoms with Gasteiger partial charge in [0.15, 0.2) is 0 Å². The summed E-state index contributed by atoms with van der Waals surface area (Å²) in [5.41, 5.74) is 3.09. The van der Waals surface area contributed by atoms with E-state index in [1.54, 1.807) is 18.3 Å². The second kappa shape index (κ2) is 11.0. The lowest BCUT2D eigenvalue weighted by Crippen LogP contribution is -2.42. The van der Waals surface area contributed by atoms with E-state index in [0.29, 0.717) is 18.8 Å². The first-order valence-corrected chi connectivity index (χ1v) is 11.7. The molecule has 0 saturated carbocycles. The van der Waals surface area contributed by atoms with E-state index in [4.69, 9.17) is 9.47 Å². The van der Waals surface area contributed by atoms with Crippen molar-refractivity contribution in [3.63, 3.8) is 0 Å². The van der Waals surface area contributed by atoms with Crippen LogP contribution >= 0.6 is 0 Å². The molecule has 2 aliphatic heterocycles. The number of likely N-dealkylation sites (tertiary alicyclic amines) is 1. The molecule has 2 aromatic rings. The molecule has 182 valence electrons. The molecule has 0 bridgehead atoms. The van der Waals surface area contributed by atoms with Crippen molar-refractivity contribution in [1.82, 2.24) is 15.2 Å². The Hall–Kier alpha value is -3.27. The monoisotopic (exact) mass is 474 g/mol. The molecule has 1 aromatic heterocycles. The van der Waals surface area contributed by atoms with Crippen molar-refractivity contribution < 1.29 is 19.4 Å². The number of hydrogen-bond donors (Lipinski definition) is 2. The number of nitriles is 1. The van der Waals surface area contributed by atoms with Crippen LogP contribution in [0.15, 0.2) is 36.5 Å². The van der Waals surface area contributed by atoms with Crippen LogP contribution in [0.4, 0.5) is 0 Å². The Bertz CT molecular complexity index is 1170. The number of methoxy groups -OCH3 is 1. The lowest BCUT2D eigenvalue weighted by atomic mass is 9.79. The number of nitrogens with zero attached hydrogens (tertiary/aromatic N) is 3. The van der Waals surface area contributed by atoms with Gasteiger partial charge in [0.1, 0.15) is 5.41 Å². The number of aliphatic hydroxyl groups is 1. The summed E-state index contributed by atoms with van der Waals surface area (Å²) >= 11 is 0. The number of carbonyl (C=O) groups is 1. The number of carbonyl (C=O) groups excluding carboxylic acids is 1. The number of hydrogen-bond acceptors (Lipinski definition) is 7. The molecule has 3 heterocycles. The number of aromatic nitrogens is 1. The number of pyridine rings is 1. The van der Waals surface area contributed by atoms with Gasteiger partial charge in [0.25, 0.3) is 5.91 Å². The van der Waals surface area contributed by atoms with Gasteiger partial charge < -0.3 is 19.9 Å². The third-order valence-electron chi connectivity index (χ3n) is 6.58. The molecule has 2 atom stereocenters. The smallest absolute Gasteiger partial charge is 0.251 e. The minimum atomic E-state index is -0.854. The minimum absolute atomic E-state index is 0.220. The first-order chi connectivity index (χ1) is 16.9. The molecule has 2 N–H and O–H groups in total. The van der Waals surface area contributed by atoms with Gasteiger partial charge in [-0.15, -0.1) is 0 Å². The van der Waals surface area contributed by atoms with Crippen molar-refractivity contribution >= 4 is 5.91 Å². The largest absolute Gasteiger partial charge is 0.375 e. The van der Waals surface area contributed by atoms with Crippen LogP contribution in [-0.4, -0.2) is 54.1 Å². The van der Waals surface area contributed by atoms with Crippen LogP contribution in [0.5, 0.6) is 0 Å². The number of fused-ring (bicyclic) bond motifs is 1. The van der Waals surface area contributed by atoms with Gasteiger partial charge in [-0.3, -0.25) is 14.7 Å². The standard InChI is InChI=1S/C27H30N4O4/c1-27(17-28)18-35-16-22-6-5-21(14-24(22)27)25(32)30-15-23-13-20(7-10-29-23)4-3-19-8-11-31(12-9-19)26(33)34-2/h5-7,10,13-14,19,26,33H,8-9,11-12,15-16,18H2,1-2H3,(H,30,32)/t26?,27-/m1/s1. The van der Waals surface area contributed by atoms with Gasteiger partial charge >= 0.3 is 0 Å². The van der Waals surface area contributed by atoms with Gasteiger partial charge in [-0.05, 0) is 55.2 Å². The quantitative estimate of drug-likeness (QED) is 0.506. The SMILES string of the molecule is COC(O)N1CCC(C#Cc2ccnc(CNC(=O)c3ccc4c(c3)[C@](C)(C#N)COC4)c2)CC1. The molecule has 35 heavy (non-hydrogen) atoms. The van der Waals surface area contributed by atoms with Crippen LogP contribution in [0.3, 0.4) is 0 Å². The van der Waals surface area contributed by atoms with Crippen LogP contribution in [0.1, 0.15) is 52.5 Å². The molecule has 0 radical (unpaired) electrons. The number of amides is 1. The van der Waals surface area contributed by atoms with Gasteiger partial charge in [-0.1, -0.05) is 17.9 Å². The number of benzene rings is 1. The first kappa shape index (κ1) is 24.8. The predicted molar refractivity (Wildman–Crippen MR) is 129 cm³/mol. The summed E-state index contributed by atoms with van der Waals surface area (Å²) in [7, 11) is 1.49. The summed E-state index contributed by atoms with van der Waals surface area (Å²) in [4.78, 5) is 19.1. The Morgan fingerprint density at radius 2 is 2.17 bits per heavy atom. The summed E-state index contributed by atoms with van der Waals surface area (Å²) in [5.74, 6) is 6.59. The fourth-order valence-corrected chi connectivity index (χ4v) is 4.42. The Morgan fingerprint density at radius 1 is 1.37 bits per heavy atom. The zero-order valence-electron chi connectivity index (χ0n) is 20.1. The normalized spacial score (nSPS) is 21.2. The Morgan fingerprint density at radius 3 is 2.91 bits per heavy atom. The Balaban J connectivity index is 1.36. The van der Waals surface area contributed by atoms with Crippen molar-refractivity contribution in [2.24, 2.45) is 5.92 Å². The predicted octanol–water partition coefficient (Wildman–Crippen LogP) is 2.31. The molecule has 2 aliphatic rings. The van der Waals surface area contributed by atoms with E-state index < -0.39 is 11.8 Å². The zero-order chi connectivity index (χ0) is 24.8. The third kappa shape index (κ3) is 5.87. The van der Waals surface area contributed by atoms with Crippen molar-refractivity contribution in [1.29, 1.82) is 5.26 Å². The molecular formula is C27H30N4O4. The van der Waals surface area contributed by atoms with Gasteiger partial charge in [0, 0.05) is 43.4 Å². The minimum Gasteiger partial charge on any atom is -0.375 e. The molecule has 0 spiro atoms. The molecule has 8 heteroatoms. The Kier molecular flexibility index (Phi) is 7.80. The molecule has 4 rings (SSSR count). The third-order valence-corrected chi connectivity index (χ3v) is 6.58. The maximum Gasteiger partial charge on any atom is 0.251 e. The maximum absolute atomic E-state index is 12.8. The number of nitrogens with one attached hydrogen (secondary N) is 1. The van der Waals surface area contributed by atoms with E-state index in [1.165, 1.54) is 7.11 Å². The van der Waals surface area contributed by atoms with Crippen molar-refractivity contribution in [2.45, 2.75) is 44.7 Å². The highest BCUT2D eigenvalue weighted by Crippen LogP contribution is 2.32. The lowest BCUT2D eigenvalue weighted by molar-refractivity contribution is -0.182. The van der Waals surface area contributed by atoms with Gasteiger partial charge in [-0.25, -0.2) is 0 Å². The molecule has 1 aromatic carbocycles. The first-order valence-electron chi connectivity index (χ1n) is 11.7. The summed E-state index contributed by atoms with van der Waals surface area (Å²) in [6, 6.07) is 11.5. The number of piperidine rings is 1. The van der Waals surface area contributed by atoms with E-state index >= 15 is 0 Å². The van der Waals surface area contributed by atoms with Gasteiger partial charge in [0.05, 0.1) is 31.5 Å². The summed E-state index contributed by atoms with van der Waals surface area (Å²) in [5, 5.41) is 22.3. The molecule has 0 aliphatic carbocycles. The number of ether oxygens (including phenoxy) is 2. The van der Waals surface area contributed by atoms with Crippen molar-refractivity contribution in [2.75, 3.05) is 26.8 Å². The van der Waals surface area contributed by atoms with Crippen LogP contribution < -0.4 is 5.32 Å². The van der Waals surface area contributed by atoms with E-state index in [0.717, 1.165) is 48.3 Å². The molecule has 1 fully saturated rings. The second-order valence-corrected chi connectivity index (χ2v) is 9.17. The fourth-order valence-electron chi connectivity index (χ4n) is 4.42. The summed E-state index contributed by atoms with van der Waals surface area (Å²) in [6.07, 6.45) is 2.59. The molecule has 1 unspecified atom stereocenters.